The number of hydrogen-bond acceptors (Lipinski definition) is 6. The van der Waals surface area contributed by atoms with Gasteiger partial charge in [-0.25, -0.2) is 9.78 Å². The summed E-state index contributed by atoms with van der Waals surface area (Å²) in [4.78, 5) is 54.3. The smallest absolute Gasteiger partial charge is 0.326 e. The second-order valence-electron chi connectivity index (χ2n) is 7.14. The van der Waals surface area contributed by atoms with Crippen LogP contribution < -0.4 is 10.9 Å². The Kier molecular flexibility index (Phi) is 4.58. The molecular formula is C19H20N4O5. The van der Waals surface area contributed by atoms with Gasteiger partial charge < -0.3 is 10.1 Å². The van der Waals surface area contributed by atoms with E-state index in [0.29, 0.717) is 24.2 Å². The number of nitrogens with one attached hydrogen (secondary N) is 1. The number of hydrogen-bond donors (Lipinski definition) is 1. The standard InChI is InChI=1S/C19H20N4O5/c24-15-10-13(20-14-6-2-5-9-22(14)15)12-28-16(25)11-23-17(26)19(21-18(23)27)7-3-1-4-8-19/h2,5-6,9-10H,1,3-4,7-8,11-12H2,(H,21,27). The van der Waals surface area contributed by atoms with Gasteiger partial charge in [-0.2, -0.15) is 0 Å². The van der Waals surface area contributed by atoms with Crippen molar-refractivity contribution in [3.8, 4) is 0 Å². The Hall–Kier alpha value is -3.23. The fraction of sp³-hybridized carbons (Fsp3) is 0.421. The van der Waals surface area contributed by atoms with Crippen molar-refractivity contribution in [1.29, 1.82) is 0 Å². The first-order valence-corrected chi connectivity index (χ1v) is 9.26. The summed E-state index contributed by atoms with van der Waals surface area (Å²) >= 11 is 0. The van der Waals surface area contributed by atoms with Gasteiger partial charge in [-0.05, 0) is 25.0 Å². The van der Waals surface area contributed by atoms with Crippen LogP contribution in [0.5, 0.6) is 0 Å². The molecule has 3 amide bonds. The summed E-state index contributed by atoms with van der Waals surface area (Å²) < 4.78 is 6.52. The number of aromatic nitrogens is 2. The number of carbonyl (C=O) groups is 3. The molecule has 0 atom stereocenters. The fourth-order valence-electron chi connectivity index (χ4n) is 3.82. The number of rotatable bonds is 4. The van der Waals surface area contributed by atoms with Crippen LogP contribution in [0.25, 0.3) is 5.65 Å². The molecule has 0 unspecified atom stereocenters. The van der Waals surface area contributed by atoms with Crippen LogP contribution in [0.3, 0.4) is 0 Å². The summed E-state index contributed by atoms with van der Waals surface area (Å²) in [6.45, 7) is -0.673. The van der Waals surface area contributed by atoms with E-state index in [4.69, 9.17) is 4.74 Å². The van der Waals surface area contributed by atoms with E-state index in [9.17, 15) is 19.2 Å². The third kappa shape index (κ3) is 3.23. The SMILES string of the molecule is O=C(CN1C(=O)NC2(CCCCC2)C1=O)OCc1cc(=O)n2ccccc2n1. The average molecular weight is 384 g/mol. The van der Waals surface area contributed by atoms with Crippen LogP contribution in [0.2, 0.25) is 0 Å². The van der Waals surface area contributed by atoms with Crippen LogP contribution in [0, 0.1) is 0 Å². The van der Waals surface area contributed by atoms with Gasteiger partial charge in [-0.3, -0.25) is 23.7 Å². The number of amides is 3. The highest BCUT2D eigenvalue weighted by Gasteiger charge is 2.51. The minimum atomic E-state index is -0.871. The molecule has 146 valence electrons. The molecule has 2 aliphatic rings. The van der Waals surface area contributed by atoms with Crippen molar-refractivity contribution in [3.05, 3.63) is 46.5 Å². The lowest BCUT2D eigenvalue weighted by Gasteiger charge is -2.30. The van der Waals surface area contributed by atoms with E-state index in [1.54, 1.807) is 24.4 Å². The molecular weight excluding hydrogens is 364 g/mol. The molecule has 1 saturated carbocycles. The maximum absolute atomic E-state index is 12.7. The molecule has 1 saturated heterocycles. The van der Waals surface area contributed by atoms with Crippen LogP contribution in [0.15, 0.2) is 35.3 Å². The quantitative estimate of drug-likeness (QED) is 0.622. The summed E-state index contributed by atoms with van der Waals surface area (Å²) in [5.41, 5.74) is -0.422. The van der Waals surface area contributed by atoms with E-state index in [1.807, 2.05) is 0 Å². The van der Waals surface area contributed by atoms with Crippen LogP contribution in [0.4, 0.5) is 4.79 Å². The summed E-state index contributed by atoms with van der Waals surface area (Å²) in [6, 6.07) is 5.85. The molecule has 4 rings (SSSR count). The minimum Gasteiger partial charge on any atom is -0.458 e. The number of esters is 1. The van der Waals surface area contributed by atoms with Gasteiger partial charge >= 0.3 is 12.0 Å². The van der Waals surface area contributed by atoms with Crippen molar-refractivity contribution in [3.63, 3.8) is 0 Å². The van der Waals surface area contributed by atoms with Gasteiger partial charge in [0, 0.05) is 12.3 Å². The molecule has 2 aromatic heterocycles. The molecule has 1 aliphatic carbocycles. The molecule has 3 heterocycles. The molecule has 1 spiro atoms. The number of nitrogens with zero attached hydrogens (tertiary/aromatic N) is 3. The maximum atomic E-state index is 12.7. The molecule has 2 fully saturated rings. The van der Waals surface area contributed by atoms with E-state index < -0.39 is 24.1 Å². The van der Waals surface area contributed by atoms with Gasteiger partial charge in [0.1, 0.15) is 24.3 Å². The van der Waals surface area contributed by atoms with Gasteiger partial charge in [0.25, 0.3) is 11.5 Å². The highest BCUT2D eigenvalue weighted by atomic mass is 16.5. The van der Waals surface area contributed by atoms with Crippen molar-refractivity contribution in [1.82, 2.24) is 19.6 Å². The van der Waals surface area contributed by atoms with Crippen molar-refractivity contribution in [2.24, 2.45) is 0 Å². The highest BCUT2D eigenvalue weighted by molar-refractivity contribution is 6.08. The third-order valence-corrected chi connectivity index (χ3v) is 5.25. The van der Waals surface area contributed by atoms with Gasteiger partial charge in [0.15, 0.2) is 0 Å². The van der Waals surface area contributed by atoms with Gasteiger partial charge in [0.2, 0.25) is 0 Å². The molecule has 2 aromatic rings. The number of fused-ring (bicyclic) bond motifs is 1. The Bertz CT molecular complexity index is 1010. The normalized spacial score (nSPS) is 18.5. The van der Waals surface area contributed by atoms with Crippen molar-refractivity contribution in [2.75, 3.05) is 6.54 Å². The van der Waals surface area contributed by atoms with Crippen LogP contribution in [0.1, 0.15) is 37.8 Å². The molecule has 9 heteroatoms. The van der Waals surface area contributed by atoms with Crippen molar-refractivity contribution >= 4 is 23.6 Å². The highest BCUT2D eigenvalue weighted by Crippen LogP contribution is 2.33. The van der Waals surface area contributed by atoms with Crippen LogP contribution in [-0.4, -0.2) is 44.3 Å². The number of urea groups is 1. The zero-order chi connectivity index (χ0) is 19.7. The Morgan fingerprint density at radius 2 is 1.96 bits per heavy atom. The summed E-state index contributed by atoms with van der Waals surface area (Å²) in [5.74, 6) is -1.09. The zero-order valence-electron chi connectivity index (χ0n) is 15.2. The van der Waals surface area contributed by atoms with E-state index in [-0.39, 0.29) is 18.1 Å². The van der Waals surface area contributed by atoms with Gasteiger partial charge in [0.05, 0.1) is 5.69 Å². The van der Waals surface area contributed by atoms with Gasteiger partial charge in [-0.15, -0.1) is 0 Å². The number of carbonyl (C=O) groups excluding carboxylic acids is 3. The first-order chi connectivity index (χ1) is 13.5. The maximum Gasteiger partial charge on any atom is 0.326 e. The molecule has 0 bridgehead atoms. The number of imide groups is 1. The molecule has 1 aliphatic heterocycles. The fourth-order valence-corrected chi connectivity index (χ4v) is 3.82. The van der Waals surface area contributed by atoms with E-state index in [0.717, 1.165) is 24.2 Å². The molecule has 1 N–H and O–H groups in total. The molecule has 28 heavy (non-hydrogen) atoms. The largest absolute Gasteiger partial charge is 0.458 e. The predicted molar refractivity (Wildman–Crippen MR) is 97.3 cm³/mol. The lowest BCUT2D eigenvalue weighted by Crippen LogP contribution is -2.48. The first-order valence-electron chi connectivity index (χ1n) is 9.26. The van der Waals surface area contributed by atoms with Gasteiger partial charge in [-0.1, -0.05) is 25.3 Å². The lowest BCUT2D eigenvalue weighted by molar-refractivity contribution is -0.149. The zero-order valence-corrected chi connectivity index (χ0v) is 15.2. The third-order valence-electron chi connectivity index (χ3n) is 5.25. The Morgan fingerprint density at radius 1 is 1.18 bits per heavy atom. The van der Waals surface area contributed by atoms with Crippen LogP contribution in [-0.2, 0) is 20.9 Å². The van der Waals surface area contributed by atoms with E-state index in [2.05, 4.69) is 10.3 Å². The van der Waals surface area contributed by atoms with Crippen molar-refractivity contribution in [2.45, 2.75) is 44.2 Å². The molecule has 0 aromatic carbocycles. The van der Waals surface area contributed by atoms with E-state index >= 15 is 0 Å². The second-order valence-corrected chi connectivity index (χ2v) is 7.14. The van der Waals surface area contributed by atoms with Crippen molar-refractivity contribution < 1.29 is 19.1 Å². The first kappa shape index (κ1) is 18.1. The number of ether oxygens (including phenoxy) is 1. The molecule has 0 radical (unpaired) electrons. The molecule has 9 nitrogen and oxygen atoms in total. The monoisotopic (exact) mass is 384 g/mol. The second kappa shape index (κ2) is 7.06. The Labute approximate surface area is 160 Å². The summed E-state index contributed by atoms with van der Waals surface area (Å²) in [6.07, 6.45) is 5.55. The van der Waals surface area contributed by atoms with E-state index in [1.165, 1.54) is 10.5 Å². The topological polar surface area (TPSA) is 110 Å². The number of pyridine rings is 1. The summed E-state index contributed by atoms with van der Waals surface area (Å²) in [7, 11) is 0. The van der Waals surface area contributed by atoms with Crippen LogP contribution >= 0.6 is 0 Å². The average Bonchev–Trinajstić information content (AvgIpc) is 2.91. The Balaban J connectivity index is 1.40. The lowest BCUT2D eigenvalue weighted by atomic mass is 9.82. The minimum absolute atomic E-state index is 0.214. The Morgan fingerprint density at radius 3 is 2.75 bits per heavy atom. The predicted octanol–water partition coefficient (Wildman–Crippen LogP) is 0.992. The summed E-state index contributed by atoms with van der Waals surface area (Å²) in [5, 5.41) is 2.75.